The summed E-state index contributed by atoms with van der Waals surface area (Å²) in [5.74, 6) is 0.755. The first-order valence-corrected chi connectivity index (χ1v) is 10.4. The highest BCUT2D eigenvalue weighted by atomic mass is 16.5. The number of carbonyl (C=O) groups is 1. The lowest BCUT2D eigenvalue weighted by Gasteiger charge is -2.26. The van der Waals surface area contributed by atoms with E-state index in [2.05, 4.69) is 10.2 Å². The number of methoxy groups -OCH3 is 1. The van der Waals surface area contributed by atoms with E-state index in [1.165, 1.54) is 0 Å². The fraction of sp³-hybridized carbons (Fsp3) is 0.333. The number of benzene rings is 2. The molecule has 0 bridgehead atoms. The predicted molar refractivity (Wildman–Crippen MR) is 118 cm³/mol. The van der Waals surface area contributed by atoms with Crippen molar-refractivity contribution in [2.24, 2.45) is 0 Å². The lowest BCUT2D eigenvalue weighted by Crippen LogP contribution is -2.32. The first-order valence-electron chi connectivity index (χ1n) is 10.4. The van der Waals surface area contributed by atoms with Gasteiger partial charge >= 0.3 is 0 Å². The molecular formula is C24H27N3O4. The Morgan fingerprint density at radius 3 is 2.74 bits per heavy atom. The van der Waals surface area contributed by atoms with Crippen LogP contribution in [-0.2, 0) is 4.74 Å². The zero-order chi connectivity index (χ0) is 22.1. The van der Waals surface area contributed by atoms with E-state index >= 15 is 0 Å². The average molecular weight is 421 g/mol. The molecule has 3 aromatic rings. The van der Waals surface area contributed by atoms with Crippen molar-refractivity contribution in [1.29, 1.82) is 0 Å². The van der Waals surface area contributed by atoms with Crippen LogP contribution < -0.4 is 4.74 Å². The van der Waals surface area contributed by atoms with E-state index in [-0.39, 0.29) is 17.7 Å². The van der Waals surface area contributed by atoms with E-state index in [0.717, 1.165) is 28.0 Å². The maximum absolute atomic E-state index is 13.3. The third-order valence-electron chi connectivity index (χ3n) is 5.58. The molecule has 2 aromatic carbocycles. The SMILES string of the molecule is CCOc1cccc(C2c3c(-c4c(C)cc(C)cc4O)n[nH]c3C(=O)N2CCOC)c1. The summed E-state index contributed by atoms with van der Waals surface area (Å²) in [6.45, 7) is 7.21. The van der Waals surface area contributed by atoms with Crippen LogP contribution in [0.15, 0.2) is 36.4 Å². The molecule has 0 radical (unpaired) electrons. The van der Waals surface area contributed by atoms with Crippen LogP contribution in [0.1, 0.15) is 45.7 Å². The summed E-state index contributed by atoms with van der Waals surface area (Å²) in [5, 5.41) is 18.1. The van der Waals surface area contributed by atoms with E-state index in [4.69, 9.17) is 9.47 Å². The molecule has 7 nitrogen and oxygen atoms in total. The summed E-state index contributed by atoms with van der Waals surface area (Å²) >= 11 is 0. The number of hydrogen-bond acceptors (Lipinski definition) is 5. The average Bonchev–Trinajstić information content (AvgIpc) is 3.25. The number of fused-ring (bicyclic) bond motifs is 1. The van der Waals surface area contributed by atoms with Gasteiger partial charge in [-0.05, 0) is 55.7 Å². The van der Waals surface area contributed by atoms with Gasteiger partial charge < -0.3 is 19.5 Å². The molecule has 2 heterocycles. The topological polar surface area (TPSA) is 87.7 Å². The number of amides is 1. The Hall–Kier alpha value is -3.32. The van der Waals surface area contributed by atoms with Crippen LogP contribution in [-0.4, -0.2) is 53.0 Å². The molecule has 1 aliphatic rings. The van der Waals surface area contributed by atoms with Crippen molar-refractivity contribution in [3.63, 3.8) is 0 Å². The minimum Gasteiger partial charge on any atom is -0.507 e. The van der Waals surface area contributed by atoms with Gasteiger partial charge in [0.2, 0.25) is 0 Å². The van der Waals surface area contributed by atoms with Gasteiger partial charge in [0, 0.05) is 24.8 Å². The minimum absolute atomic E-state index is 0.137. The molecule has 1 amide bonds. The Kier molecular flexibility index (Phi) is 5.69. The van der Waals surface area contributed by atoms with Crippen molar-refractivity contribution in [2.75, 3.05) is 26.9 Å². The highest BCUT2D eigenvalue weighted by molar-refractivity contribution is 6.00. The fourth-order valence-electron chi connectivity index (χ4n) is 4.35. The van der Waals surface area contributed by atoms with Gasteiger partial charge in [-0.1, -0.05) is 18.2 Å². The zero-order valence-electron chi connectivity index (χ0n) is 18.2. The number of nitrogens with zero attached hydrogens (tertiary/aromatic N) is 2. The Labute approximate surface area is 181 Å². The summed E-state index contributed by atoms with van der Waals surface area (Å²) in [4.78, 5) is 15.1. The monoisotopic (exact) mass is 421 g/mol. The van der Waals surface area contributed by atoms with Crippen molar-refractivity contribution in [2.45, 2.75) is 26.8 Å². The highest BCUT2D eigenvalue weighted by Crippen LogP contribution is 2.45. The highest BCUT2D eigenvalue weighted by Gasteiger charge is 2.42. The van der Waals surface area contributed by atoms with Crippen LogP contribution >= 0.6 is 0 Å². The van der Waals surface area contributed by atoms with Crippen LogP contribution in [0.2, 0.25) is 0 Å². The Balaban J connectivity index is 1.90. The van der Waals surface area contributed by atoms with Gasteiger partial charge in [0.1, 0.15) is 22.9 Å². The molecule has 1 aliphatic heterocycles. The van der Waals surface area contributed by atoms with Crippen molar-refractivity contribution < 1.29 is 19.4 Å². The summed E-state index contributed by atoms with van der Waals surface area (Å²) in [7, 11) is 1.62. The normalized spacial score (nSPS) is 15.4. The summed E-state index contributed by atoms with van der Waals surface area (Å²) in [5.41, 5.74) is 5.21. The number of hydrogen-bond donors (Lipinski definition) is 2. The molecule has 2 N–H and O–H groups in total. The zero-order valence-corrected chi connectivity index (χ0v) is 18.2. The molecule has 4 rings (SSSR count). The van der Waals surface area contributed by atoms with Gasteiger partial charge in [0.15, 0.2) is 0 Å². The molecule has 0 saturated carbocycles. The fourth-order valence-corrected chi connectivity index (χ4v) is 4.35. The van der Waals surface area contributed by atoms with Crippen molar-refractivity contribution in [3.05, 3.63) is 64.3 Å². The number of aromatic nitrogens is 2. The second kappa shape index (κ2) is 8.43. The molecule has 31 heavy (non-hydrogen) atoms. The molecule has 0 fully saturated rings. The molecule has 162 valence electrons. The maximum atomic E-state index is 13.3. The Morgan fingerprint density at radius 2 is 2.03 bits per heavy atom. The maximum Gasteiger partial charge on any atom is 0.273 e. The third-order valence-corrected chi connectivity index (χ3v) is 5.58. The molecule has 1 unspecified atom stereocenters. The number of nitrogens with one attached hydrogen (secondary N) is 1. The van der Waals surface area contributed by atoms with Crippen LogP contribution in [0.5, 0.6) is 11.5 Å². The minimum atomic E-state index is -0.369. The molecule has 0 spiro atoms. The first-order chi connectivity index (χ1) is 15.0. The van der Waals surface area contributed by atoms with Gasteiger partial charge in [-0.15, -0.1) is 0 Å². The number of aromatic hydroxyl groups is 1. The van der Waals surface area contributed by atoms with Crippen LogP contribution in [0.25, 0.3) is 11.3 Å². The van der Waals surface area contributed by atoms with Gasteiger partial charge in [0.05, 0.1) is 19.3 Å². The molecule has 0 saturated heterocycles. The Bertz CT molecular complexity index is 1100. The number of phenols is 1. The number of phenolic OH excluding ortho intramolecular Hbond substituents is 1. The van der Waals surface area contributed by atoms with Crippen LogP contribution in [0.4, 0.5) is 0 Å². The smallest absolute Gasteiger partial charge is 0.273 e. The van der Waals surface area contributed by atoms with Crippen LogP contribution in [0, 0.1) is 13.8 Å². The second-order valence-electron chi connectivity index (χ2n) is 7.74. The number of ether oxygens (including phenoxy) is 2. The predicted octanol–water partition coefficient (Wildman–Crippen LogP) is 3.99. The summed E-state index contributed by atoms with van der Waals surface area (Å²) < 4.78 is 10.9. The lowest BCUT2D eigenvalue weighted by atomic mass is 9.93. The number of carbonyl (C=O) groups excluding carboxylic acids is 1. The van der Waals surface area contributed by atoms with E-state index in [0.29, 0.717) is 36.7 Å². The standard InChI is InChI=1S/C24H27N3O4/c1-5-31-17-8-6-7-16(13-17)23-20-21(19-15(3)11-14(2)12-18(19)28)25-26-22(20)24(29)27(23)9-10-30-4/h6-8,11-13,23,28H,5,9-10H2,1-4H3,(H,25,26). The van der Waals surface area contributed by atoms with E-state index in [1.807, 2.05) is 51.1 Å². The van der Waals surface area contributed by atoms with Crippen molar-refractivity contribution >= 4 is 5.91 Å². The molecule has 1 atom stereocenters. The quantitative estimate of drug-likeness (QED) is 0.602. The Morgan fingerprint density at radius 1 is 1.23 bits per heavy atom. The first kappa shape index (κ1) is 20.9. The van der Waals surface area contributed by atoms with Crippen LogP contribution in [0.3, 0.4) is 0 Å². The molecular weight excluding hydrogens is 394 g/mol. The number of rotatable bonds is 7. The van der Waals surface area contributed by atoms with E-state index < -0.39 is 0 Å². The number of aromatic amines is 1. The summed E-state index contributed by atoms with van der Waals surface area (Å²) in [6.07, 6.45) is 0. The van der Waals surface area contributed by atoms with E-state index in [1.54, 1.807) is 18.1 Å². The summed E-state index contributed by atoms with van der Waals surface area (Å²) in [6, 6.07) is 11.1. The van der Waals surface area contributed by atoms with Crippen molar-refractivity contribution in [3.8, 4) is 22.8 Å². The lowest BCUT2D eigenvalue weighted by molar-refractivity contribution is 0.0677. The van der Waals surface area contributed by atoms with Gasteiger partial charge in [-0.25, -0.2) is 0 Å². The van der Waals surface area contributed by atoms with Gasteiger partial charge in [0.25, 0.3) is 5.91 Å². The largest absolute Gasteiger partial charge is 0.507 e. The molecule has 7 heteroatoms. The molecule has 0 aliphatic carbocycles. The molecule has 1 aromatic heterocycles. The van der Waals surface area contributed by atoms with Gasteiger partial charge in [-0.2, -0.15) is 5.10 Å². The number of aryl methyl sites for hydroxylation is 2. The van der Waals surface area contributed by atoms with Crippen molar-refractivity contribution in [1.82, 2.24) is 15.1 Å². The number of H-pyrrole nitrogens is 1. The van der Waals surface area contributed by atoms with Gasteiger partial charge in [-0.3, -0.25) is 9.89 Å². The second-order valence-corrected chi connectivity index (χ2v) is 7.74. The third kappa shape index (κ3) is 3.65. The van der Waals surface area contributed by atoms with E-state index in [9.17, 15) is 9.90 Å².